The monoisotopic (exact) mass is 316 g/mol. The highest BCUT2D eigenvalue weighted by Crippen LogP contribution is 2.33. The van der Waals surface area contributed by atoms with E-state index in [9.17, 15) is 8.42 Å². The molecule has 0 amide bonds. The zero-order valence-electron chi connectivity index (χ0n) is 9.60. The lowest BCUT2D eigenvalue weighted by Crippen LogP contribution is -2.14. The van der Waals surface area contributed by atoms with Gasteiger partial charge in [0.1, 0.15) is 0 Å². The summed E-state index contributed by atoms with van der Waals surface area (Å²) in [7, 11) is -3.73. The zero-order valence-corrected chi connectivity index (χ0v) is 11.9. The van der Waals surface area contributed by atoms with Crippen molar-refractivity contribution in [1.29, 1.82) is 0 Å². The van der Waals surface area contributed by atoms with E-state index < -0.39 is 10.0 Å². The summed E-state index contributed by atoms with van der Waals surface area (Å²) in [4.78, 5) is 0.125. The Labute approximate surface area is 121 Å². The Balaban J connectivity index is 2.42. The van der Waals surface area contributed by atoms with Gasteiger partial charge in [-0.15, -0.1) is 0 Å². The van der Waals surface area contributed by atoms with Crippen LogP contribution in [0.3, 0.4) is 0 Å². The predicted octanol–water partition coefficient (Wildman–Crippen LogP) is 3.38. The van der Waals surface area contributed by atoms with E-state index in [1.807, 2.05) is 0 Å². The van der Waals surface area contributed by atoms with Crippen LogP contribution in [0.5, 0.6) is 0 Å². The minimum Gasteiger partial charge on any atom is -0.397 e. The highest BCUT2D eigenvalue weighted by Gasteiger charge is 2.17. The van der Waals surface area contributed by atoms with E-state index in [1.54, 1.807) is 18.2 Å². The molecular formula is C12H10Cl2N2O2S. The molecule has 0 spiro atoms. The molecule has 0 heterocycles. The van der Waals surface area contributed by atoms with E-state index in [0.717, 1.165) is 0 Å². The molecule has 7 heteroatoms. The predicted molar refractivity (Wildman–Crippen MR) is 78.1 cm³/mol. The van der Waals surface area contributed by atoms with Crippen LogP contribution in [0.25, 0.3) is 0 Å². The lowest BCUT2D eigenvalue weighted by atomic mass is 10.3. The Morgan fingerprint density at radius 3 is 2.26 bits per heavy atom. The third kappa shape index (κ3) is 3.12. The number of nitrogens with one attached hydrogen (secondary N) is 1. The number of nitrogen functional groups attached to an aromatic ring is 1. The van der Waals surface area contributed by atoms with Crippen LogP contribution >= 0.6 is 23.2 Å². The molecule has 2 rings (SSSR count). The summed E-state index contributed by atoms with van der Waals surface area (Å²) in [6.07, 6.45) is 0. The minimum absolute atomic E-state index is 0.120. The van der Waals surface area contributed by atoms with Gasteiger partial charge in [0.2, 0.25) is 0 Å². The fourth-order valence-electron chi connectivity index (χ4n) is 1.49. The standard InChI is InChI=1S/C12H10Cl2N2O2S/c13-8-6-10(14)12(11(15)7-8)16-19(17,18)9-4-2-1-3-5-9/h1-7,16H,15H2. The van der Waals surface area contributed by atoms with Crippen molar-refractivity contribution < 1.29 is 8.42 Å². The van der Waals surface area contributed by atoms with E-state index >= 15 is 0 Å². The first-order valence-electron chi connectivity index (χ1n) is 5.22. The fourth-order valence-corrected chi connectivity index (χ4v) is 3.24. The maximum Gasteiger partial charge on any atom is 0.262 e. The van der Waals surface area contributed by atoms with Crippen molar-refractivity contribution in [2.24, 2.45) is 0 Å². The summed E-state index contributed by atoms with van der Waals surface area (Å²) >= 11 is 11.7. The molecule has 3 N–H and O–H groups in total. The lowest BCUT2D eigenvalue weighted by Gasteiger charge is -2.12. The van der Waals surface area contributed by atoms with Gasteiger partial charge >= 0.3 is 0 Å². The molecule has 4 nitrogen and oxygen atoms in total. The van der Waals surface area contributed by atoms with Crippen LogP contribution in [0, 0.1) is 0 Å². The normalized spacial score (nSPS) is 11.3. The SMILES string of the molecule is Nc1cc(Cl)cc(Cl)c1NS(=O)(=O)c1ccccc1. The van der Waals surface area contributed by atoms with E-state index in [1.165, 1.54) is 24.3 Å². The van der Waals surface area contributed by atoms with E-state index in [0.29, 0.717) is 5.02 Å². The molecule has 100 valence electrons. The zero-order chi connectivity index (χ0) is 14.0. The number of hydrogen-bond donors (Lipinski definition) is 2. The summed E-state index contributed by atoms with van der Waals surface area (Å²) < 4.78 is 26.6. The number of hydrogen-bond acceptors (Lipinski definition) is 3. The van der Waals surface area contributed by atoms with Crippen LogP contribution in [0.4, 0.5) is 11.4 Å². The van der Waals surface area contributed by atoms with Gasteiger partial charge in [0, 0.05) is 5.02 Å². The highest BCUT2D eigenvalue weighted by molar-refractivity contribution is 7.92. The van der Waals surface area contributed by atoms with Crippen molar-refractivity contribution in [3.8, 4) is 0 Å². The Kier molecular flexibility index (Phi) is 3.89. The molecule has 0 saturated heterocycles. The average Bonchev–Trinajstić information content (AvgIpc) is 2.35. The molecule has 0 bridgehead atoms. The topological polar surface area (TPSA) is 72.2 Å². The van der Waals surface area contributed by atoms with Gasteiger partial charge in [0.15, 0.2) is 0 Å². The van der Waals surface area contributed by atoms with Gasteiger partial charge < -0.3 is 5.73 Å². The van der Waals surface area contributed by atoms with Crippen molar-refractivity contribution in [3.05, 3.63) is 52.5 Å². The second kappa shape index (κ2) is 5.28. The maximum atomic E-state index is 12.1. The first-order valence-corrected chi connectivity index (χ1v) is 7.46. The lowest BCUT2D eigenvalue weighted by molar-refractivity contribution is 0.601. The molecular weight excluding hydrogens is 307 g/mol. The highest BCUT2D eigenvalue weighted by atomic mass is 35.5. The van der Waals surface area contributed by atoms with Gasteiger partial charge in [-0.25, -0.2) is 8.42 Å². The molecule has 0 saturated carbocycles. The third-order valence-electron chi connectivity index (χ3n) is 2.38. The smallest absolute Gasteiger partial charge is 0.262 e. The summed E-state index contributed by atoms with van der Waals surface area (Å²) in [5.41, 5.74) is 6.00. The largest absolute Gasteiger partial charge is 0.397 e. The summed E-state index contributed by atoms with van der Waals surface area (Å²) in [5, 5.41) is 0.481. The minimum atomic E-state index is -3.73. The van der Waals surface area contributed by atoms with Crippen LogP contribution in [0.15, 0.2) is 47.4 Å². The number of sulfonamides is 1. The van der Waals surface area contributed by atoms with Crippen LogP contribution in [0.2, 0.25) is 10.0 Å². The molecule has 2 aromatic rings. The molecule has 19 heavy (non-hydrogen) atoms. The molecule has 0 fully saturated rings. The van der Waals surface area contributed by atoms with Gasteiger partial charge in [-0.3, -0.25) is 4.72 Å². The van der Waals surface area contributed by atoms with Gasteiger partial charge in [-0.05, 0) is 24.3 Å². The van der Waals surface area contributed by atoms with Gasteiger partial charge in [-0.2, -0.15) is 0 Å². The van der Waals surface area contributed by atoms with Crippen molar-refractivity contribution >= 4 is 44.6 Å². The molecule has 0 atom stereocenters. The molecule has 0 radical (unpaired) electrons. The van der Waals surface area contributed by atoms with Crippen molar-refractivity contribution in [2.75, 3.05) is 10.5 Å². The Morgan fingerprint density at radius 2 is 1.68 bits per heavy atom. The van der Waals surface area contributed by atoms with Crippen LogP contribution < -0.4 is 10.5 Å². The number of benzene rings is 2. The second-order valence-electron chi connectivity index (χ2n) is 3.77. The number of rotatable bonds is 3. The van der Waals surface area contributed by atoms with Crippen molar-refractivity contribution in [3.63, 3.8) is 0 Å². The molecule has 0 aromatic heterocycles. The van der Waals surface area contributed by atoms with Crippen LogP contribution in [0.1, 0.15) is 0 Å². The molecule has 0 aliphatic rings. The van der Waals surface area contributed by atoms with Gasteiger partial charge in [0.25, 0.3) is 10.0 Å². The van der Waals surface area contributed by atoms with E-state index in [-0.39, 0.29) is 21.3 Å². The second-order valence-corrected chi connectivity index (χ2v) is 6.30. The summed E-state index contributed by atoms with van der Waals surface area (Å²) in [6, 6.07) is 10.8. The van der Waals surface area contributed by atoms with Crippen molar-refractivity contribution in [1.82, 2.24) is 0 Å². The third-order valence-corrected chi connectivity index (χ3v) is 4.26. The van der Waals surface area contributed by atoms with E-state index in [2.05, 4.69) is 4.72 Å². The van der Waals surface area contributed by atoms with Crippen LogP contribution in [-0.2, 0) is 10.0 Å². The van der Waals surface area contributed by atoms with Gasteiger partial charge in [-0.1, -0.05) is 41.4 Å². The Bertz CT molecular complexity index is 680. The van der Waals surface area contributed by atoms with Gasteiger partial charge in [0.05, 0.1) is 21.3 Å². The summed E-state index contributed by atoms with van der Waals surface area (Å²) in [6.45, 7) is 0. The van der Waals surface area contributed by atoms with Crippen LogP contribution in [-0.4, -0.2) is 8.42 Å². The summed E-state index contributed by atoms with van der Waals surface area (Å²) in [5.74, 6) is 0. The Hall–Kier alpha value is -1.43. The number of anilines is 2. The number of halogens is 2. The van der Waals surface area contributed by atoms with E-state index in [4.69, 9.17) is 28.9 Å². The molecule has 0 aliphatic heterocycles. The molecule has 0 unspecified atom stereocenters. The number of nitrogens with two attached hydrogens (primary N) is 1. The first-order chi connectivity index (χ1) is 8.90. The first kappa shape index (κ1) is 14.0. The molecule has 2 aromatic carbocycles. The fraction of sp³-hybridized carbons (Fsp3) is 0. The average molecular weight is 317 g/mol. The quantitative estimate of drug-likeness (QED) is 0.853. The molecule has 0 aliphatic carbocycles. The van der Waals surface area contributed by atoms with Crippen molar-refractivity contribution in [2.45, 2.75) is 4.90 Å². The Morgan fingerprint density at radius 1 is 1.05 bits per heavy atom. The maximum absolute atomic E-state index is 12.1.